The first-order chi connectivity index (χ1) is 6.74. The van der Waals surface area contributed by atoms with E-state index in [1.807, 2.05) is 6.92 Å². The highest BCUT2D eigenvalue weighted by molar-refractivity contribution is 5.71. The van der Waals surface area contributed by atoms with Crippen LogP contribution in [0.25, 0.3) is 0 Å². The topological polar surface area (TPSA) is 38.3 Å². The Morgan fingerprint density at radius 3 is 3.00 bits per heavy atom. The summed E-state index contributed by atoms with van der Waals surface area (Å²) in [5.74, 6) is 0.685. The molecule has 14 heavy (non-hydrogen) atoms. The van der Waals surface area contributed by atoms with Crippen molar-refractivity contribution in [2.45, 2.75) is 32.6 Å². The van der Waals surface area contributed by atoms with Crippen molar-refractivity contribution in [1.29, 1.82) is 0 Å². The minimum atomic E-state index is -0.0674. The zero-order valence-electron chi connectivity index (χ0n) is 9.21. The van der Waals surface area contributed by atoms with Crippen molar-refractivity contribution in [3.8, 4) is 0 Å². The van der Waals surface area contributed by atoms with Gasteiger partial charge in [0.15, 0.2) is 0 Å². The smallest absolute Gasteiger partial charge is 0.308 e. The second-order valence-corrected chi connectivity index (χ2v) is 4.21. The fourth-order valence-electron chi connectivity index (χ4n) is 2.12. The molecule has 0 spiro atoms. The summed E-state index contributed by atoms with van der Waals surface area (Å²) >= 11 is 0. The van der Waals surface area contributed by atoms with Gasteiger partial charge in [0, 0.05) is 0 Å². The van der Waals surface area contributed by atoms with Gasteiger partial charge in [0.1, 0.15) is 0 Å². The zero-order chi connectivity index (χ0) is 10.4. The van der Waals surface area contributed by atoms with Gasteiger partial charge in [0.25, 0.3) is 0 Å². The predicted octanol–water partition coefficient (Wildman–Crippen LogP) is 1.58. The standard InChI is InChI=1S/C11H21NO2/c1-9(11(13)14-2)8-10-4-3-6-12-7-5-10/h9-10,12H,3-8H2,1-2H3. The fraction of sp³-hybridized carbons (Fsp3) is 0.909. The maximum absolute atomic E-state index is 11.2. The molecule has 2 unspecified atom stereocenters. The molecule has 3 heteroatoms. The van der Waals surface area contributed by atoms with E-state index in [0.717, 1.165) is 19.5 Å². The van der Waals surface area contributed by atoms with Gasteiger partial charge in [-0.25, -0.2) is 0 Å². The Morgan fingerprint density at radius 2 is 2.29 bits per heavy atom. The molecular weight excluding hydrogens is 178 g/mol. The maximum atomic E-state index is 11.2. The highest BCUT2D eigenvalue weighted by atomic mass is 16.5. The molecule has 0 radical (unpaired) electrons. The van der Waals surface area contributed by atoms with Gasteiger partial charge in [-0.15, -0.1) is 0 Å². The van der Waals surface area contributed by atoms with Crippen LogP contribution in [0.1, 0.15) is 32.6 Å². The van der Waals surface area contributed by atoms with Crippen LogP contribution in [0.4, 0.5) is 0 Å². The van der Waals surface area contributed by atoms with Crippen LogP contribution in [0.3, 0.4) is 0 Å². The van der Waals surface area contributed by atoms with E-state index in [4.69, 9.17) is 4.74 Å². The molecule has 82 valence electrons. The molecule has 1 saturated heterocycles. The van der Waals surface area contributed by atoms with E-state index < -0.39 is 0 Å². The molecule has 0 aromatic rings. The van der Waals surface area contributed by atoms with Crippen molar-refractivity contribution >= 4 is 5.97 Å². The molecule has 0 bridgehead atoms. The summed E-state index contributed by atoms with van der Waals surface area (Å²) in [4.78, 5) is 11.2. The number of hydrogen-bond acceptors (Lipinski definition) is 3. The minimum Gasteiger partial charge on any atom is -0.469 e. The molecule has 0 aromatic carbocycles. The Balaban J connectivity index is 2.30. The van der Waals surface area contributed by atoms with Crippen molar-refractivity contribution in [1.82, 2.24) is 5.32 Å². The molecule has 0 saturated carbocycles. The SMILES string of the molecule is COC(=O)C(C)CC1CCCNCC1. The summed E-state index contributed by atoms with van der Waals surface area (Å²) in [6, 6.07) is 0. The van der Waals surface area contributed by atoms with Crippen LogP contribution >= 0.6 is 0 Å². The average Bonchev–Trinajstić information content (AvgIpc) is 2.45. The summed E-state index contributed by atoms with van der Waals surface area (Å²) < 4.78 is 4.73. The summed E-state index contributed by atoms with van der Waals surface area (Å²) in [5, 5.41) is 3.38. The highest BCUT2D eigenvalue weighted by Gasteiger charge is 2.20. The van der Waals surface area contributed by atoms with E-state index in [1.165, 1.54) is 26.4 Å². The van der Waals surface area contributed by atoms with E-state index in [0.29, 0.717) is 5.92 Å². The molecule has 0 aliphatic carbocycles. The summed E-state index contributed by atoms with van der Waals surface area (Å²) in [5.41, 5.74) is 0. The average molecular weight is 199 g/mol. The summed E-state index contributed by atoms with van der Waals surface area (Å²) in [7, 11) is 1.47. The van der Waals surface area contributed by atoms with Gasteiger partial charge >= 0.3 is 5.97 Å². The van der Waals surface area contributed by atoms with Gasteiger partial charge in [-0.05, 0) is 44.7 Å². The van der Waals surface area contributed by atoms with Crippen LogP contribution in [0.5, 0.6) is 0 Å². The molecule has 1 heterocycles. The number of carbonyl (C=O) groups excluding carboxylic acids is 1. The first kappa shape index (κ1) is 11.5. The molecule has 1 aliphatic heterocycles. The Labute approximate surface area is 86.2 Å². The number of hydrogen-bond donors (Lipinski definition) is 1. The molecule has 0 amide bonds. The molecule has 0 aromatic heterocycles. The fourth-order valence-corrected chi connectivity index (χ4v) is 2.12. The number of carbonyl (C=O) groups is 1. The number of ether oxygens (including phenoxy) is 1. The van der Waals surface area contributed by atoms with Crippen LogP contribution in [0.2, 0.25) is 0 Å². The third-order valence-corrected chi connectivity index (χ3v) is 2.99. The molecule has 1 rings (SSSR count). The minimum absolute atomic E-state index is 0.0584. The summed E-state index contributed by atoms with van der Waals surface area (Å²) in [6.45, 7) is 4.19. The van der Waals surface area contributed by atoms with Crippen molar-refractivity contribution in [3.63, 3.8) is 0 Å². The second kappa shape index (κ2) is 6.02. The predicted molar refractivity (Wildman–Crippen MR) is 56.0 cm³/mol. The molecular formula is C11H21NO2. The van der Waals surface area contributed by atoms with E-state index in [9.17, 15) is 4.79 Å². The van der Waals surface area contributed by atoms with Crippen molar-refractivity contribution in [3.05, 3.63) is 0 Å². The number of rotatable bonds is 3. The van der Waals surface area contributed by atoms with Gasteiger partial charge in [0.05, 0.1) is 13.0 Å². The lowest BCUT2D eigenvalue weighted by Crippen LogP contribution is -2.18. The van der Waals surface area contributed by atoms with Crippen LogP contribution in [-0.2, 0) is 9.53 Å². The molecule has 1 aliphatic rings. The van der Waals surface area contributed by atoms with E-state index >= 15 is 0 Å². The Hall–Kier alpha value is -0.570. The third kappa shape index (κ3) is 3.66. The van der Waals surface area contributed by atoms with Crippen LogP contribution in [-0.4, -0.2) is 26.2 Å². The highest BCUT2D eigenvalue weighted by Crippen LogP contribution is 2.22. The first-order valence-corrected chi connectivity index (χ1v) is 5.52. The molecule has 1 N–H and O–H groups in total. The third-order valence-electron chi connectivity index (χ3n) is 2.99. The normalized spacial score (nSPS) is 25.1. The van der Waals surface area contributed by atoms with Gasteiger partial charge in [0.2, 0.25) is 0 Å². The van der Waals surface area contributed by atoms with E-state index in [1.54, 1.807) is 0 Å². The molecule has 1 fully saturated rings. The Bertz CT molecular complexity index is 174. The zero-order valence-corrected chi connectivity index (χ0v) is 9.21. The summed E-state index contributed by atoms with van der Waals surface area (Å²) in [6.07, 6.45) is 4.66. The van der Waals surface area contributed by atoms with Gasteiger partial charge in [-0.3, -0.25) is 4.79 Å². The Morgan fingerprint density at radius 1 is 1.50 bits per heavy atom. The van der Waals surface area contributed by atoms with Crippen molar-refractivity contribution in [2.24, 2.45) is 11.8 Å². The van der Waals surface area contributed by atoms with Gasteiger partial charge in [-0.2, -0.15) is 0 Å². The first-order valence-electron chi connectivity index (χ1n) is 5.52. The monoisotopic (exact) mass is 199 g/mol. The quantitative estimate of drug-likeness (QED) is 0.701. The van der Waals surface area contributed by atoms with Gasteiger partial charge < -0.3 is 10.1 Å². The molecule has 2 atom stereocenters. The van der Waals surface area contributed by atoms with Gasteiger partial charge in [-0.1, -0.05) is 6.92 Å². The lowest BCUT2D eigenvalue weighted by atomic mass is 9.90. The second-order valence-electron chi connectivity index (χ2n) is 4.21. The van der Waals surface area contributed by atoms with Crippen LogP contribution < -0.4 is 5.32 Å². The molecule has 3 nitrogen and oxygen atoms in total. The van der Waals surface area contributed by atoms with Crippen LogP contribution in [0, 0.1) is 11.8 Å². The van der Waals surface area contributed by atoms with Crippen LogP contribution in [0.15, 0.2) is 0 Å². The number of nitrogens with one attached hydrogen (secondary N) is 1. The maximum Gasteiger partial charge on any atom is 0.308 e. The van der Waals surface area contributed by atoms with Crippen molar-refractivity contribution < 1.29 is 9.53 Å². The lowest BCUT2D eigenvalue weighted by Gasteiger charge is -2.17. The van der Waals surface area contributed by atoms with E-state index in [2.05, 4.69) is 5.32 Å². The lowest BCUT2D eigenvalue weighted by molar-refractivity contribution is -0.145. The van der Waals surface area contributed by atoms with E-state index in [-0.39, 0.29) is 11.9 Å². The van der Waals surface area contributed by atoms with Crippen molar-refractivity contribution in [2.75, 3.05) is 20.2 Å². The number of esters is 1. The Kier molecular flexibility index (Phi) is 4.94. The largest absolute Gasteiger partial charge is 0.469 e. The number of methoxy groups -OCH3 is 1.